The quantitative estimate of drug-likeness (QED) is 0.873. The molecule has 0 spiro atoms. The molecule has 1 aromatic carbocycles. The van der Waals surface area contributed by atoms with Crippen LogP contribution in [0.3, 0.4) is 0 Å². The van der Waals surface area contributed by atoms with Crippen LogP contribution in [0.1, 0.15) is 44.6 Å². The van der Waals surface area contributed by atoms with Crippen molar-refractivity contribution < 1.29 is 13.9 Å². The van der Waals surface area contributed by atoms with Crippen molar-refractivity contribution in [1.29, 1.82) is 0 Å². The van der Waals surface area contributed by atoms with Gasteiger partial charge in [0.15, 0.2) is 17.4 Å². The lowest BCUT2D eigenvalue weighted by molar-refractivity contribution is 0.280. The first-order valence-electron chi connectivity index (χ1n) is 6.98. The fraction of sp³-hybridized carbons (Fsp3) is 0.600. The van der Waals surface area contributed by atoms with Crippen LogP contribution in [-0.4, -0.2) is 11.1 Å². The zero-order chi connectivity index (χ0) is 13.8. The van der Waals surface area contributed by atoms with Crippen molar-refractivity contribution in [1.82, 2.24) is 5.32 Å². The molecule has 1 aliphatic carbocycles. The van der Waals surface area contributed by atoms with E-state index in [4.69, 9.17) is 5.11 Å². The number of phenolic OH excluding ortho intramolecular Hbond substituents is 1. The van der Waals surface area contributed by atoms with Gasteiger partial charge in [-0.15, -0.1) is 0 Å². The number of nitrogens with one attached hydrogen (secondary N) is 1. The second-order valence-corrected chi connectivity index (χ2v) is 5.48. The van der Waals surface area contributed by atoms with E-state index in [1.807, 2.05) is 0 Å². The Morgan fingerprint density at radius 1 is 1.21 bits per heavy atom. The summed E-state index contributed by atoms with van der Waals surface area (Å²) < 4.78 is 26.4. The third-order valence-electron chi connectivity index (χ3n) is 4.06. The van der Waals surface area contributed by atoms with Crippen molar-refractivity contribution in [3.63, 3.8) is 0 Å². The molecule has 0 radical (unpaired) electrons. The average Bonchev–Trinajstić information content (AvgIpc) is 2.43. The molecule has 0 amide bonds. The number of halogens is 2. The molecule has 1 saturated carbocycles. The van der Waals surface area contributed by atoms with Gasteiger partial charge in [-0.05, 0) is 43.4 Å². The van der Waals surface area contributed by atoms with E-state index in [0.717, 1.165) is 0 Å². The highest BCUT2D eigenvalue weighted by Gasteiger charge is 2.19. The highest BCUT2D eigenvalue weighted by Crippen LogP contribution is 2.27. The number of aromatic hydroxyl groups is 1. The van der Waals surface area contributed by atoms with Gasteiger partial charge in [-0.25, -0.2) is 8.78 Å². The molecule has 2 nitrogen and oxygen atoms in total. The summed E-state index contributed by atoms with van der Waals surface area (Å²) in [6.45, 7) is 2.55. The molecule has 0 aromatic heterocycles. The standard InChI is InChI=1S/C15H21F2NO/c1-10(12-5-3-2-4-6-12)18-9-11-7-13(16)15(19)14(17)8-11/h7-8,10,12,18-19H,2-6,9H2,1H3. The minimum atomic E-state index is -0.901. The molecule has 0 heterocycles. The van der Waals surface area contributed by atoms with Crippen LogP contribution in [0.15, 0.2) is 12.1 Å². The van der Waals surface area contributed by atoms with Crippen LogP contribution in [0, 0.1) is 17.6 Å². The predicted molar refractivity (Wildman–Crippen MR) is 70.9 cm³/mol. The number of phenols is 1. The number of benzene rings is 1. The molecule has 0 aliphatic heterocycles. The van der Waals surface area contributed by atoms with Crippen LogP contribution in [0.25, 0.3) is 0 Å². The van der Waals surface area contributed by atoms with Gasteiger partial charge in [-0.1, -0.05) is 19.3 Å². The lowest BCUT2D eigenvalue weighted by atomic mass is 9.84. The van der Waals surface area contributed by atoms with Crippen molar-refractivity contribution in [2.75, 3.05) is 0 Å². The van der Waals surface area contributed by atoms with E-state index in [2.05, 4.69) is 12.2 Å². The first-order chi connectivity index (χ1) is 9.08. The molecule has 1 aromatic rings. The van der Waals surface area contributed by atoms with Crippen LogP contribution in [-0.2, 0) is 6.54 Å². The number of hydrogen-bond acceptors (Lipinski definition) is 2. The van der Waals surface area contributed by atoms with Crippen LogP contribution >= 0.6 is 0 Å². The fourth-order valence-electron chi connectivity index (χ4n) is 2.80. The van der Waals surface area contributed by atoms with Crippen LogP contribution in [0.5, 0.6) is 5.75 Å². The highest BCUT2D eigenvalue weighted by molar-refractivity contribution is 5.29. The highest BCUT2D eigenvalue weighted by atomic mass is 19.1. The molecular weight excluding hydrogens is 248 g/mol. The van der Waals surface area contributed by atoms with E-state index in [-0.39, 0.29) is 0 Å². The molecule has 19 heavy (non-hydrogen) atoms. The van der Waals surface area contributed by atoms with Gasteiger partial charge >= 0.3 is 0 Å². The second-order valence-electron chi connectivity index (χ2n) is 5.48. The van der Waals surface area contributed by atoms with Gasteiger partial charge in [0.25, 0.3) is 0 Å². The summed E-state index contributed by atoms with van der Waals surface area (Å²) in [6.07, 6.45) is 6.33. The summed E-state index contributed by atoms with van der Waals surface area (Å²) in [7, 11) is 0. The molecule has 1 fully saturated rings. The van der Waals surface area contributed by atoms with E-state index in [1.165, 1.54) is 44.2 Å². The summed E-state index contributed by atoms with van der Waals surface area (Å²) in [6, 6.07) is 2.71. The van der Waals surface area contributed by atoms with Crippen molar-refractivity contribution in [2.24, 2.45) is 5.92 Å². The Balaban J connectivity index is 1.91. The molecule has 4 heteroatoms. The third-order valence-corrected chi connectivity index (χ3v) is 4.06. The van der Waals surface area contributed by atoms with E-state index >= 15 is 0 Å². The zero-order valence-electron chi connectivity index (χ0n) is 11.3. The Morgan fingerprint density at radius 3 is 2.37 bits per heavy atom. The molecule has 106 valence electrons. The van der Waals surface area contributed by atoms with E-state index in [1.54, 1.807) is 0 Å². The topological polar surface area (TPSA) is 32.3 Å². The van der Waals surface area contributed by atoms with Gasteiger partial charge in [0.2, 0.25) is 0 Å². The van der Waals surface area contributed by atoms with Gasteiger partial charge in [0.1, 0.15) is 0 Å². The van der Waals surface area contributed by atoms with E-state index < -0.39 is 17.4 Å². The van der Waals surface area contributed by atoms with Crippen LogP contribution in [0.4, 0.5) is 8.78 Å². The molecule has 0 saturated heterocycles. The van der Waals surface area contributed by atoms with Crippen LogP contribution < -0.4 is 5.32 Å². The largest absolute Gasteiger partial charge is 0.503 e. The molecule has 2 rings (SSSR count). The maximum Gasteiger partial charge on any atom is 0.187 e. The van der Waals surface area contributed by atoms with Gasteiger partial charge in [-0.2, -0.15) is 0 Å². The minimum absolute atomic E-state index is 0.347. The van der Waals surface area contributed by atoms with Gasteiger partial charge in [-0.3, -0.25) is 0 Å². The predicted octanol–water partition coefficient (Wildman–Crippen LogP) is 3.73. The van der Waals surface area contributed by atoms with E-state index in [0.29, 0.717) is 24.1 Å². The summed E-state index contributed by atoms with van der Waals surface area (Å²) in [5, 5.41) is 12.4. The average molecular weight is 269 g/mol. The molecule has 0 bridgehead atoms. The van der Waals surface area contributed by atoms with Crippen molar-refractivity contribution in [3.8, 4) is 5.75 Å². The van der Waals surface area contributed by atoms with Crippen molar-refractivity contribution >= 4 is 0 Å². The Bertz CT molecular complexity index is 407. The lowest BCUT2D eigenvalue weighted by Gasteiger charge is -2.28. The van der Waals surface area contributed by atoms with Gasteiger partial charge in [0, 0.05) is 12.6 Å². The first-order valence-corrected chi connectivity index (χ1v) is 6.98. The normalized spacial score (nSPS) is 18.5. The summed E-state index contributed by atoms with van der Waals surface area (Å²) in [5.41, 5.74) is 0.524. The Hall–Kier alpha value is -1.16. The number of rotatable bonds is 4. The summed E-state index contributed by atoms with van der Waals surface area (Å²) in [5.74, 6) is -2.05. The lowest BCUT2D eigenvalue weighted by Crippen LogP contribution is -2.34. The molecular formula is C15H21F2NO. The van der Waals surface area contributed by atoms with Crippen LogP contribution in [0.2, 0.25) is 0 Å². The van der Waals surface area contributed by atoms with Crippen molar-refractivity contribution in [2.45, 2.75) is 51.6 Å². The van der Waals surface area contributed by atoms with Gasteiger partial charge in [0.05, 0.1) is 0 Å². The minimum Gasteiger partial charge on any atom is -0.503 e. The molecule has 1 atom stereocenters. The Morgan fingerprint density at radius 2 is 1.79 bits per heavy atom. The first kappa shape index (κ1) is 14.3. The Labute approximate surface area is 112 Å². The van der Waals surface area contributed by atoms with Crippen molar-refractivity contribution in [3.05, 3.63) is 29.3 Å². The zero-order valence-corrected chi connectivity index (χ0v) is 11.3. The summed E-state index contributed by atoms with van der Waals surface area (Å²) >= 11 is 0. The summed E-state index contributed by atoms with van der Waals surface area (Å²) in [4.78, 5) is 0. The maximum atomic E-state index is 13.2. The Kier molecular flexibility index (Phi) is 4.75. The fourth-order valence-corrected chi connectivity index (χ4v) is 2.80. The molecule has 1 aliphatic rings. The second kappa shape index (κ2) is 6.33. The smallest absolute Gasteiger partial charge is 0.187 e. The SMILES string of the molecule is CC(NCc1cc(F)c(O)c(F)c1)C1CCCCC1. The third kappa shape index (κ3) is 3.66. The number of hydrogen-bond donors (Lipinski definition) is 2. The monoisotopic (exact) mass is 269 g/mol. The molecule has 1 unspecified atom stereocenters. The van der Waals surface area contributed by atoms with Gasteiger partial charge < -0.3 is 10.4 Å². The van der Waals surface area contributed by atoms with E-state index in [9.17, 15) is 8.78 Å². The molecule has 2 N–H and O–H groups in total. The maximum absolute atomic E-state index is 13.2.